The Morgan fingerprint density at radius 2 is 2.00 bits per heavy atom. The van der Waals surface area contributed by atoms with Crippen molar-refractivity contribution in [3.8, 4) is 0 Å². The second-order valence-corrected chi connectivity index (χ2v) is 4.90. The van der Waals surface area contributed by atoms with Crippen molar-refractivity contribution in [2.24, 2.45) is 0 Å². The summed E-state index contributed by atoms with van der Waals surface area (Å²) in [7, 11) is 0. The van der Waals surface area contributed by atoms with Crippen LogP contribution in [0, 0.1) is 6.92 Å². The minimum atomic E-state index is -0.503. The molecule has 1 aromatic heterocycles. The van der Waals surface area contributed by atoms with E-state index in [1.165, 1.54) is 4.68 Å². The molecule has 2 heterocycles. The Kier molecular flexibility index (Phi) is 4.36. The van der Waals surface area contributed by atoms with Crippen molar-refractivity contribution in [2.75, 3.05) is 19.7 Å². The molecule has 2 rings (SSSR count). The highest BCUT2D eigenvalue weighted by Crippen LogP contribution is 2.17. The van der Waals surface area contributed by atoms with E-state index in [-0.39, 0.29) is 18.2 Å². The lowest BCUT2D eigenvalue weighted by atomic mass is 10.2. The van der Waals surface area contributed by atoms with Gasteiger partial charge in [0.25, 0.3) is 0 Å². The van der Waals surface area contributed by atoms with Crippen LogP contribution in [-0.4, -0.2) is 51.5 Å². The average molecular weight is 280 g/mol. The minimum Gasteiger partial charge on any atom is -0.461 e. The standard InChI is InChI=1S/C13H20N4O3/c1-4-20-13(19)11-9(2)17(15-14-11)10(3)12(18)16-7-5-6-8-16/h10H,4-8H2,1-3H3. The molecule has 1 amide bonds. The van der Waals surface area contributed by atoms with E-state index in [0.717, 1.165) is 25.9 Å². The fraction of sp³-hybridized carbons (Fsp3) is 0.692. The Balaban J connectivity index is 2.16. The van der Waals surface area contributed by atoms with E-state index in [1.54, 1.807) is 20.8 Å². The van der Waals surface area contributed by atoms with Crippen LogP contribution < -0.4 is 0 Å². The van der Waals surface area contributed by atoms with Gasteiger partial charge in [-0.3, -0.25) is 4.79 Å². The lowest BCUT2D eigenvalue weighted by Crippen LogP contribution is -2.34. The SMILES string of the molecule is CCOC(=O)c1nnn(C(C)C(=O)N2CCCC2)c1C. The van der Waals surface area contributed by atoms with Crippen LogP contribution in [0.3, 0.4) is 0 Å². The van der Waals surface area contributed by atoms with Crippen molar-refractivity contribution >= 4 is 11.9 Å². The molecular formula is C13H20N4O3. The summed E-state index contributed by atoms with van der Waals surface area (Å²) < 4.78 is 6.40. The van der Waals surface area contributed by atoms with Gasteiger partial charge in [-0.25, -0.2) is 9.48 Å². The van der Waals surface area contributed by atoms with Gasteiger partial charge in [-0.15, -0.1) is 5.10 Å². The first-order valence-electron chi connectivity index (χ1n) is 6.94. The summed E-state index contributed by atoms with van der Waals surface area (Å²) in [5.74, 6) is -0.483. The first-order chi connectivity index (χ1) is 9.56. The topological polar surface area (TPSA) is 77.3 Å². The van der Waals surface area contributed by atoms with E-state index in [2.05, 4.69) is 10.3 Å². The molecule has 110 valence electrons. The van der Waals surface area contributed by atoms with Crippen LogP contribution in [0.5, 0.6) is 0 Å². The van der Waals surface area contributed by atoms with Crippen molar-refractivity contribution in [1.82, 2.24) is 19.9 Å². The summed E-state index contributed by atoms with van der Waals surface area (Å²) in [4.78, 5) is 25.8. The molecular weight excluding hydrogens is 260 g/mol. The average Bonchev–Trinajstić information content (AvgIpc) is 3.06. The molecule has 1 aliphatic rings. The van der Waals surface area contributed by atoms with Gasteiger partial charge >= 0.3 is 5.97 Å². The van der Waals surface area contributed by atoms with Gasteiger partial charge in [-0.05, 0) is 33.6 Å². The molecule has 1 aliphatic heterocycles. The summed E-state index contributed by atoms with van der Waals surface area (Å²) >= 11 is 0. The number of ether oxygens (including phenoxy) is 1. The molecule has 7 heteroatoms. The summed E-state index contributed by atoms with van der Waals surface area (Å²) in [6.45, 7) is 7.10. The Hall–Kier alpha value is -1.92. The van der Waals surface area contributed by atoms with Crippen LogP contribution in [0.1, 0.15) is 48.9 Å². The summed E-state index contributed by atoms with van der Waals surface area (Å²) in [6.07, 6.45) is 2.09. The number of nitrogens with zero attached hydrogens (tertiary/aromatic N) is 4. The number of hydrogen-bond acceptors (Lipinski definition) is 5. The normalized spacial score (nSPS) is 16.2. The zero-order valence-corrected chi connectivity index (χ0v) is 12.1. The maximum Gasteiger partial charge on any atom is 0.360 e. The van der Waals surface area contributed by atoms with Gasteiger partial charge in [0, 0.05) is 13.1 Å². The summed E-state index contributed by atoms with van der Waals surface area (Å²) in [5, 5.41) is 7.76. The number of carbonyl (C=O) groups excluding carboxylic acids is 2. The molecule has 0 radical (unpaired) electrons. The van der Waals surface area contributed by atoms with Gasteiger partial charge in [0.2, 0.25) is 5.91 Å². The Morgan fingerprint density at radius 3 is 2.60 bits per heavy atom. The molecule has 0 aliphatic carbocycles. The fourth-order valence-corrected chi connectivity index (χ4v) is 2.40. The molecule has 0 N–H and O–H groups in total. The highest BCUT2D eigenvalue weighted by atomic mass is 16.5. The molecule has 1 fully saturated rings. The van der Waals surface area contributed by atoms with E-state index >= 15 is 0 Å². The molecule has 0 aromatic carbocycles. The van der Waals surface area contributed by atoms with Gasteiger partial charge in [-0.1, -0.05) is 5.21 Å². The van der Waals surface area contributed by atoms with Gasteiger partial charge in [0.1, 0.15) is 6.04 Å². The number of rotatable bonds is 4. The van der Waals surface area contributed by atoms with Gasteiger partial charge in [0.05, 0.1) is 12.3 Å². The Labute approximate surface area is 117 Å². The number of carbonyl (C=O) groups is 2. The monoisotopic (exact) mass is 280 g/mol. The smallest absolute Gasteiger partial charge is 0.360 e. The highest BCUT2D eigenvalue weighted by molar-refractivity contribution is 5.88. The molecule has 20 heavy (non-hydrogen) atoms. The number of hydrogen-bond donors (Lipinski definition) is 0. The largest absolute Gasteiger partial charge is 0.461 e. The number of amides is 1. The third kappa shape index (κ3) is 2.66. The first-order valence-corrected chi connectivity index (χ1v) is 6.94. The summed E-state index contributed by atoms with van der Waals surface area (Å²) in [6, 6.07) is -0.455. The van der Waals surface area contributed by atoms with Gasteiger partial charge < -0.3 is 9.64 Å². The van der Waals surface area contributed by atoms with E-state index in [1.807, 2.05) is 4.90 Å². The van der Waals surface area contributed by atoms with Crippen LogP contribution in [0.2, 0.25) is 0 Å². The van der Waals surface area contributed by atoms with Crippen LogP contribution in [0.15, 0.2) is 0 Å². The zero-order valence-electron chi connectivity index (χ0n) is 12.1. The maximum atomic E-state index is 12.3. The van der Waals surface area contributed by atoms with Crippen LogP contribution in [0.25, 0.3) is 0 Å². The molecule has 7 nitrogen and oxygen atoms in total. The molecule has 1 unspecified atom stereocenters. The van der Waals surface area contributed by atoms with Gasteiger partial charge in [0.15, 0.2) is 5.69 Å². The second-order valence-electron chi connectivity index (χ2n) is 4.90. The summed E-state index contributed by atoms with van der Waals surface area (Å²) in [5.41, 5.74) is 0.733. The van der Waals surface area contributed by atoms with Crippen molar-refractivity contribution in [2.45, 2.75) is 39.7 Å². The Morgan fingerprint density at radius 1 is 1.35 bits per heavy atom. The zero-order chi connectivity index (χ0) is 14.7. The predicted octanol–water partition coefficient (Wildman–Crippen LogP) is 0.947. The lowest BCUT2D eigenvalue weighted by molar-refractivity contribution is -0.133. The van der Waals surface area contributed by atoms with Crippen molar-refractivity contribution in [3.05, 3.63) is 11.4 Å². The lowest BCUT2D eigenvalue weighted by Gasteiger charge is -2.20. The quantitative estimate of drug-likeness (QED) is 0.767. The number of aromatic nitrogens is 3. The molecule has 0 saturated carbocycles. The third-order valence-corrected chi connectivity index (χ3v) is 3.54. The highest BCUT2D eigenvalue weighted by Gasteiger charge is 2.28. The van der Waals surface area contributed by atoms with Crippen LogP contribution >= 0.6 is 0 Å². The van der Waals surface area contributed by atoms with E-state index in [9.17, 15) is 9.59 Å². The maximum absolute atomic E-state index is 12.3. The van der Waals surface area contributed by atoms with E-state index in [0.29, 0.717) is 5.69 Å². The fourth-order valence-electron chi connectivity index (χ4n) is 2.40. The molecule has 0 spiro atoms. The van der Waals surface area contributed by atoms with E-state index < -0.39 is 12.0 Å². The predicted molar refractivity (Wildman–Crippen MR) is 71.2 cm³/mol. The molecule has 0 bridgehead atoms. The van der Waals surface area contributed by atoms with Crippen LogP contribution in [-0.2, 0) is 9.53 Å². The molecule has 1 aromatic rings. The number of likely N-dealkylation sites (tertiary alicyclic amines) is 1. The molecule has 1 saturated heterocycles. The van der Waals surface area contributed by atoms with Crippen molar-refractivity contribution in [1.29, 1.82) is 0 Å². The first kappa shape index (κ1) is 14.5. The minimum absolute atomic E-state index is 0.0194. The van der Waals surface area contributed by atoms with E-state index in [4.69, 9.17) is 4.74 Å². The van der Waals surface area contributed by atoms with Gasteiger partial charge in [-0.2, -0.15) is 0 Å². The third-order valence-electron chi connectivity index (χ3n) is 3.54. The molecule has 1 atom stereocenters. The van der Waals surface area contributed by atoms with Crippen molar-refractivity contribution < 1.29 is 14.3 Å². The Bertz CT molecular complexity index is 506. The van der Waals surface area contributed by atoms with Crippen molar-refractivity contribution in [3.63, 3.8) is 0 Å². The second kappa shape index (κ2) is 6.02. The number of esters is 1. The van der Waals surface area contributed by atoms with Crippen LogP contribution in [0.4, 0.5) is 0 Å².